The molecule has 8 nitrogen and oxygen atoms in total. The Balaban J connectivity index is 2.21. The number of methoxy groups -OCH3 is 1. The number of aliphatic hydroxyl groups is 1. The van der Waals surface area contributed by atoms with Crippen LogP contribution in [0, 0.1) is 0 Å². The van der Waals surface area contributed by atoms with Crippen molar-refractivity contribution < 1.29 is 19.7 Å². The highest BCUT2D eigenvalue weighted by molar-refractivity contribution is 5.65. The number of amides is 1. The Morgan fingerprint density at radius 1 is 1.41 bits per heavy atom. The molecule has 0 saturated carbocycles. The first kappa shape index (κ1) is 15.8. The van der Waals surface area contributed by atoms with Gasteiger partial charge >= 0.3 is 6.09 Å². The van der Waals surface area contributed by atoms with Gasteiger partial charge in [0.1, 0.15) is 5.75 Å². The largest absolute Gasteiger partial charge is 0.497 e. The van der Waals surface area contributed by atoms with E-state index >= 15 is 0 Å². The van der Waals surface area contributed by atoms with Crippen LogP contribution in [0.25, 0.3) is 0 Å². The first-order valence-electron chi connectivity index (χ1n) is 6.75. The van der Waals surface area contributed by atoms with Crippen LogP contribution >= 0.6 is 0 Å². The SMILES string of the molecule is COc1ccc(CC(NC(=O)O)c2cnnn2CCO)cc1. The van der Waals surface area contributed by atoms with Gasteiger partial charge < -0.3 is 20.3 Å². The van der Waals surface area contributed by atoms with Gasteiger partial charge in [-0.25, -0.2) is 9.48 Å². The zero-order valence-corrected chi connectivity index (χ0v) is 12.1. The van der Waals surface area contributed by atoms with Gasteiger partial charge in [-0.1, -0.05) is 17.3 Å². The zero-order chi connectivity index (χ0) is 15.9. The third kappa shape index (κ3) is 3.95. The van der Waals surface area contributed by atoms with Crippen LogP contribution in [0.5, 0.6) is 5.75 Å². The quantitative estimate of drug-likeness (QED) is 0.699. The predicted molar refractivity (Wildman–Crippen MR) is 77.7 cm³/mol. The molecule has 0 saturated heterocycles. The van der Waals surface area contributed by atoms with Crippen LogP contribution in [0.1, 0.15) is 17.3 Å². The van der Waals surface area contributed by atoms with Crippen molar-refractivity contribution in [2.24, 2.45) is 0 Å². The molecule has 2 rings (SSSR count). The molecule has 0 aliphatic heterocycles. The summed E-state index contributed by atoms with van der Waals surface area (Å²) in [6, 6.07) is 6.87. The van der Waals surface area contributed by atoms with E-state index in [0.717, 1.165) is 11.3 Å². The van der Waals surface area contributed by atoms with Crippen molar-refractivity contribution in [1.29, 1.82) is 0 Å². The lowest BCUT2D eigenvalue weighted by atomic mass is 10.0. The Morgan fingerprint density at radius 2 is 2.14 bits per heavy atom. The highest BCUT2D eigenvalue weighted by atomic mass is 16.5. The molecule has 0 fully saturated rings. The van der Waals surface area contributed by atoms with E-state index in [9.17, 15) is 4.79 Å². The molecule has 1 amide bonds. The van der Waals surface area contributed by atoms with Gasteiger partial charge in [-0.05, 0) is 24.1 Å². The summed E-state index contributed by atoms with van der Waals surface area (Å²) in [4.78, 5) is 11.0. The average Bonchev–Trinajstić information content (AvgIpc) is 2.95. The van der Waals surface area contributed by atoms with Gasteiger partial charge in [0.05, 0.1) is 38.2 Å². The van der Waals surface area contributed by atoms with Crippen LogP contribution in [0.3, 0.4) is 0 Å². The number of rotatable bonds is 7. The molecule has 1 heterocycles. The number of benzene rings is 1. The molecular weight excluding hydrogens is 288 g/mol. The van der Waals surface area contributed by atoms with E-state index in [4.69, 9.17) is 14.9 Å². The third-order valence-electron chi connectivity index (χ3n) is 3.21. The van der Waals surface area contributed by atoms with Crippen molar-refractivity contribution in [3.63, 3.8) is 0 Å². The van der Waals surface area contributed by atoms with Crippen molar-refractivity contribution in [2.75, 3.05) is 13.7 Å². The number of nitrogens with one attached hydrogen (secondary N) is 1. The van der Waals surface area contributed by atoms with Crippen molar-refractivity contribution in [1.82, 2.24) is 20.3 Å². The smallest absolute Gasteiger partial charge is 0.405 e. The first-order valence-corrected chi connectivity index (χ1v) is 6.75. The topological polar surface area (TPSA) is 110 Å². The second kappa shape index (κ2) is 7.41. The van der Waals surface area contributed by atoms with Crippen molar-refractivity contribution in [3.05, 3.63) is 41.7 Å². The summed E-state index contributed by atoms with van der Waals surface area (Å²) in [5.41, 5.74) is 1.54. The molecule has 0 radical (unpaired) electrons. The maximum absolute atomic E-state index is 11.0. The van der Waals surface area contributed by atoms with Crippen molar-refractivity contribution in [3.8, 4) is 5.75 Å². The fraction of sp³-hybridized carbons (Fsp3) is 0.357. The van der Waals surface area contributed by atoms with Crippen LogP contribution in [-0.4, -0.2) is 45.0 Å². The summed E-state index contributed by atoms with van der Waals surface area (Å²) in [5, 5.41) is 28.2. The van der Waals surface area contributed by atoms with Crippen LogP contribution in [-0.2, 0) is 13.0 Å². The summed E-state index contributed by atoms with van der Waals surface area (Å²) in [6.45, 7) is 0.161. The van der Waals surface area contributed by atoms with Gasteiger partial charge in [0, 0.05) is 0 Å². The Kier molecular flexibility index (Phi) is 5.31. The average molecular weight is 306 g/mol. The van der Waals surface area contributed by atoms with Crippen molar-refractivity contribution >= 4 is 6.09 Å². The lowest BCUT2D eigenvalue weighted by Crippen LogP contribution is -2.30. The second-order valence-corrected chi connectivity index (χ2v) is 4.66. The second-order valence-electron chi connectivity index (χ2n) is 4.66. The summed E-state index contributed by atoms with van der Waals surface area (Å²) < 4.78 is 6.59. The molecule has 2 aromatic rings. The molecule has 1 aromatic carbocycles. The maximum Gasteiger partial charge on any atom is 0.405 e. The lowest BCUT2D eigenvalue weighted by molar-refractivity contribution is 0.189. The molecule has 0 aliphatic carbocycles. The molecule has 1 atom stereocenters. The molecule has 0 spiro atoms. The molecule has 0 aliphatic rings. The molecular formula is C14H18N4O4. The summed E-state index contributed by atoms with van der Waals surface area (Å²) in [5.74, 6) is 0.735. The van der Waals surface area contributed by atoms with E-state index < -0.39 is 12.1 Å². The first-order chi connectivity index (χ1) is 10.6. The minimum atomic E-state index is -1.13. The Labute approximate surface area is 127 Å². The number of carbonyl (C=O) groups is 1. The minimum absolute atomic E-state index is 0.0985. The van der Waals surface area contributed by atoms with Gasteiger partial charge in [0.2, 0.25) is 0 Å². The number of ether oxygens (including phenoxy) is 1. The Morgan fingerprint density at radius 3 is 2.73 bits per heavy atom. The normalized spacial score (nSPS) is 11.9. The molecule has 22 heavy (non-hydrogen) atoms. The number of carboxylic acid groups (broad SMARTS) is 1. The zero-order valence-electron chi connectivity index (χ0n) is 12.1. The number of aliphatic hydroxyl groups excluding tert-OH is 1. The number of hydrogen-bond donors (Lipinski definition) is 3. The number of hydrogen-bond acceptors (Lipinski definition) is 5. The van der Waals surface area contributed by atoms with Gasteiger partial charge in [-0.2, -0.15) is 0 Å². The molecule has 8 heteroatoms. The Bertz CT molecular complexity index is 612. The van der Waals surface area contributed by atoms with E-state index in [2.05, 4.69) is 15.6 Å². The molecule has 0 bridgehead atoms. The van der Waals surface area contributed by atoms with Gasteiger partial charge in [0.15, 0.2) is 0 Å². The van der Waals surface area contributed by atoms with E-state index in [1.54, 1.807) is 7.11 Å². The summed E-state index contributed by atoms with van der Waals surface area (Å²) >= 11 is 0. The fourth-order valence-electron chi connectivity index (χ4n) is 2.18. The molecule has 3 N–H and O–H groups in total. The maximum atomic E-state index is 11.0. The molecule has 1 aromatic heterocycles. The van der Waals surface area contributed by atoms with Crippen LogP contribution in [0.2, 0.25) is 0 Å². The molecule has 118 valence electrons. The van der Waals surface area contributed by atoms with Gasteiger partial charge in [-0.15, -0.1) is 5.10 Å². The van der Waals surface area contributed by atoms with E-state index in [1.807, 2.05) is 24.3 Å². The van der Waals surface area contributed by atoms with Gasteiger partial charge in [-0.3, -0.25) is 0 Å². The monoisotopic (exact) mass is 306 g/mol. The Hall–Kier alpha value is -2.61. The standard InChI is InChI=1S/C14H18N4O4/c1-22-11-4-2-10(3-5-11)8-12(16-14(20)21)13-9-15-17-18(13)6-7-19/h2-5,9,12,16,19H,6-8H2,1H3,(H,20,21). The van der Waals surface area contributed by atoms with Crippen molar-refractivity contribution in [2.45, 2.75) is 19.0 Å². The third-order valence-corrected chi connectivity index (χ3v) is 3.21. The van der Waals surface area contributed by atoms with E-state index in [0.29, 0.717) is 12.1 Å². The predicted octanol–water partition coefficient (Wildman–Crippen LogP) is 0.830. The highest BCUT2D eigenvalue weighted by Gasteiger charge is 2.19. The highest BCUT2D eigenvalue weighted by Crippen LogP contribution is 2.20. The van der Waals surface area contributed by atoms with E-state index in [-0.39, 0.29) is 13.2 Å². The number of aromatic nitrogens is 3. The fourth-order valence-corrected chi connectivity index (χ4v) is 2.18. The minimum Gasteiger partial charge on any atom is -0.497 e. The number of nitrogens with zero attached hydrogens (tertiary/aromatic N) is 3. The van der Waals surface area contributed by atoms with Gasteiger partial charge in [0.25, 0.3) is 0 Å². The van der Waals surface area contributed by atoms with E-state index in [1.165, 1.54) is 10.9 Å². The summed E-state index contributed by atoms with van der Waals surface area (Å²) in [7, 11) is 1.59. The van der Waals surface area contributed by atoms with Crippen LogP contribution in [0.4, 0.5) is 4.79 Å². The van der Waals surface area contributed by atoms with Crippen LogP contribution in [0.15, 0.2) is 30.5 Å². The van der Waals surface area contributed by atoms with Crippen LogP contribution < -0.4 is 10.1 Å². The summed E-state index contributed by atoms with van der Waals surface area (Å²) in [6.07, 6.45) is 0.810. The lowest BCUT2D eigenvalue weighted by Gasteiger charge is -2.18. The molecule has 1 unspecified atom stereocenters.